The Morgan fingerprint density at radius 3 is 3.17 bits per heavy atom. The van der Waals surface area contributed by atoms with E-state index in [1.54, 1.807) is 18.2 Å². The lowest BCUT2D eigenvalue weighted by Crippen LogP contribution is -2.21. The lowest BCUT2D eigenvalue weighted by molar-refractivity contribution is -0.139. The normalized spacial score (nSPS) is 18.3. The lowest BCUT2D eigenvalue weighted by atomic mass is 10.1. The molecule has 1 aliphatic rings. The van der Waals surface area contributed by atoms with Crippen LogP contribution in [0.1, 0.15) is 37.5 Å². The molecule has 1 atom stereocenters. The van der Waals surface area contributed by atoms with E-state index in [0.29, 0.717) is 23.0 Å². The largest absolute Gasteiger partial charge is 0.482 e. The topological polar surface area (TPSA) is 97.5 Å². The number of hydrogen-bond donors (Lipinski definition) is 2. The lowest BCUT2D eigenvalue weighted by Gasteiger charge is -2.09. The van der Waals surface area contributed by atoms with Crippen LogP contribution in [0, 0.1) is 0 Å². The van der Waals surface area contributed by atoms with Crippen LogP contribution in [0.15, 0.2) is 28.8 Å². The molecular formula is C16H19N3O4. The van der Waals surface area contributed by atoms with Crippen molar-refractivity contribution in [2.45, 2.75) is 31.7 Å². The zero-order valence-corrected chi connectivity index (χ0v) is 12.7. The minimum absolute atomic E-state index is 0.126. The molecule has 122 valence electrons. The van der Waals surface area contributed by atoms with Crippen LogP contribution in [-0.4, -0.2) is 34.4 Å². The van der Waals surface area contributed by atoms with E-state index in [-0.39, 0.29) is 12.6 Å². The third-order valence-corrected chi connectivity index (χ3v) is 3.76. The van der Waals surface area contributed by atoms with Crippen LogP contribution >= 0.6 is 0 Å². The molecule has 1 saturated heterocycles. The molecule has 0 bridgehead atoms. The third-order valence-electron chi connectivity index (χ3n) is 3.76. The molecule has 0 radical (unpaired) electrons. The number of carbonyl (C=O) groups is 1. The van der Waals surface area contributed by atoms with Gasteiger partial charge in [0.1, 0.15) is 5.75 Å². The average molecular weight is 317 g/mol. The second-order valence-electron chi connectivity index (χ2n) is 5.52. The van der Waals surface area contributed by atoms with Crippen LogP contribution in [0.2, 0.25) is 0 Å². The van der Waals surface area contributed by atoms with E-state index < -0.39 is 5.97 Å². The van der Waals surface area contributed by atoms with E-state index in [1.807, 2.05) is 6.07 Å². The van der Waals surface area contributed by atoms with Gasteiger partial charge in [-0.25, -0.2) is 4.79 Å². The van der Waals surface area contributed by atoms with Crippen molar-refractivity contribution in [1.29, 1.82) is 0 Å². The van der Waals surface area contributed by atoms with Crippen LogP contribution in [0.3, 0.4) is 0 Å². The standard InChI is InChI=1S/C16H19N3O4/c20-14(21)10-22-12-6-4-5-11(9-12)16-18-15(19-23-16)13-7-2-1-3-8-17-13/h4-6,9,13,17H,1-3,7-8,10H2,(H,20,21). The summed E-state index contributed by atoms with van der Waals surface area (Å²) in [5, 5.41) is 16.2. The summed E-state index contributed by atoms with van der Waals surface area (Å²) in [5.41, 5.74) is 0.709. The molecular weight excluding hydrogens is 298 g/mol. The highest BCUT2D eigenvalue weighted by molar-refractivity contribution is 5.68. The molecule has 7 nitrogen and oxygen atoms in total. The van der Waals surface area contributed by atoms with Crippen molar-refractivity contribution >= 4 is 5.97 Å². The molecule has 7 heteroatoms. The SMILES string of the molecule is O=C(O)COc1cccc(-c2nc(C3CCCCCN3)no2)c1. The van der Waals surface area contributed by atoms with Gasteiger partial charge in [-0.15, -0.1) is 0 Å². The van der Waals surface area contributed by atoms with E-state index >= 15 is 0 Å². The number of nitrogens with zero attached hydrogens (tertiary/aromatic N) is 2. The minimum atomic E-state index is -1.02. The minimum Gasteiger partial charge on any atom is -0.482 e. The van der Waals surface area contributed by atoms with Crippen LogP contribution in [0.4, 0.5) is 0 Å². The summed E-state index contributed by atoms with van der Waals surface area (Å²) in [7, 11) is 0. The highest BCUT2D eigenvalue weighted by Crippen LogP contribution is 2.26. The molecule has 0 amide bonds. The quantitative estimate of drug-likeness (QED) is 0.873. The number of nitrogens with one attached hydrogen (secondary N) is 1. The van der Waals surface area contributed by atoms with Gasteiger partial charge in [0.05, 0.1) is 6.04 Å². The smallest absolute Gasteiger partial charge is 0.341 e. The maximum Gasteiger partial charge on any atom is 0.341 e. The summed E-state index contributed by atoms with van der Waals surface area (Å²) < 4.78 is 10.5. The van der Waals surface area contributed by atoms with Crippen LogP contribution in [0.5, 0.6) is 5.75 Å². The zero-order valence-electron chi connectivity index (χ0n) is 12.7. The van der Waals surface area contributed by atoms with E-state index in [2.05, 4.69) is 15.5 Å². The molecule has 1 aromatic heterocycles. The number of aliphatic carboxylic acids is 1. The van der Waals surface area contributed by atoms with Gasteiger partial charge in [-0.05, 0) is 37.6 Å². The molecule has 0 aliphatic carbocycles. The first-order valence-corrected chi connectivity index (χ1v) is 7.74. The molecule has 0 spiro atoms. The van der Waals surface area contributed by atoms with Gasteiger partial charge in [-0.1, -0.05) is 24.1 Å². The summed E-state index contributed by atoms with van der Waals surface area (Å²) in [6.07, 6.45) is 4.54. The summed E-state index contributed by atoms with van der Waals surface area (Å²) in [5.74, 6) is 0.512. The van der Waals surface area contributed by atoms with Crippen LogP contribution < -0.4 is 10.1 Å². The van der Waals surface area contributed by atoms with Gasteiger partial charge in [0.25, 0.3) is 5.89 Å². The molecule has 23 heavy (non-hydrogen) atoms. The molecule has 2 heterocycles. The first-order valence-electron chi connectivity index (χ1n) is 7.74. The van der Waals surface area contributed by atoms with Crippen molar-refractivity contribution in [3.63, 3.8) is 0 Å². The first kappa shape index (κ1) is 15.5. The number of carboxylic acids is 1. The molecule has 2 aromatic rings. The van der Waals surface area contributed by atoms with Gasteiger partial charge < -0.3 is 19.7 Å². The number of aromatic nitrogens is 2. The first-order chi connectivity index (χ1) is 11.2. The Labute approximate surface area is 133 Å². The molecule has 2 N–H and O–H groups in total. The van der Waals surface area contributed by atoms with E-state index in [1.165, 1.54) is 12.8 Å². The highest BCUT2D eigenvalue weighted by Gasteiger charge is 2.20. The predicted octanol–water partition coefficient (Wildman–Crippen LogP) is 2.40. The monoisotopic (exact) mass is 317 g/mol. The number of ether oxygens (including phenoxy) is 1. The highest BCUT2D eigenvalue weighted by atomic mass is 16.5. The summed E-state index contributed by atoms with van der Waals surface area (Å²) >= 11 is 0. The molecule has 0 saturated carbocycles. The molecule has 1 unspecified atom stereocenters. The Kier molecular flexibility index (Phi) is 4.87. The van der Waals surface area contributed by atoms with Gasteiger partial charge in [-0.3, -0.25) is 0 Å². The number of hydrogen-bond acceptors (Lipinski definition) is 6. The summed E-state index contributed by atoms with van der Waals surface area (Å²) in [4.78, 5) is 15.0. The fourth-order valence-electron chi connectivity index (χ4n) is 2.61. The Morgan fingerprint density at radius 2 is 2.30 bits per heavy atom. The maximum atomic E-state index is 10.6. The van der Waals surface area contributed by atoms with E-state index in [4.69, 9.17) is 14.4 Å². The van der Waals surface area contributed by atoms with Crippen molar-refractivity contribution in [3.05, 3.63) is 30.1 Å². The van der Waals surface area contributed by atoms with Crippen molar-refractivity contribution in [2.75, 3.05) is 13.2 Å². The van der Waals surface area contributed by atoms with Crippen molar-refractivity contribution in [3.8, 4) is 17.2 Å². The van der Waals surface area contributed by atoms with Crippen molar-refractivity contribution < 1.29 is 19.2 Å². The second-order valence-corrected chi connectivity index (χ2v) is 5.52. The van der Waals surface area contributed by atoms with Crippen LogP contribution in [-0.2, 0) is 4.79 Å². The number of benzene rings is 1. The van der Waals surface area contributed by atoms with Crippen LogP contribution in [0.25, 0.3) is 11.5 Å². The average Bonchev–Trinajstić information content (AvgIpc) is 2.89. The number of rotatable bonds is 5. The van der Waals surface area contributed by atoms with E-state index in [0.717, 1.165) is 19.4 Å². The fraction of sp³-hybridized carbons (Fsp3) is 0.438. The van der Waals surface area contributed by atoms with Gasteiger partial charge in [0.15, 0.2) is 12.4 Å². The van der Waals surface area contributed by atoms with Crippen molar-refractivity contribution in [1.82, 2.24) is 15.5 Å². The van der Waals surface area contributed by atoms with Gasteiger partial charge in [0, 0.05) is 5.56 Å². The third kappa shape index (κ3) is 4.07. The predicted molar refractivity (Wildman–Crippen MR) is 82.1 cm³/mol. The molecule has 1 aliphatic heterocycles. The van der Waals surface area contributed by atoms with Crippen molar-refractivity contribution in [2.24, 2.45) is 0 Å². The van der Waals surface area contributed by atoms with E-state index in [9.17, 15) is 4.79 Å². The Hall–Kier alpha value is -2.41. The Morgan fingerprint density at radius 1 is 1.39 bits per heavy atom. The van der Waals surface area contributed by atoms with Gasteiger partial charge in [0.2, 0.25) is 0 Å². The maximum absolute atomic E-state index is 10.6. The molecule has 3 rings (SSSR count). The van der Waals surface area contributed by atoms with Gasteiger partial charge in [-0.2, -0.15) is 4.98 Å². The fourth-order valence-corrected chi connectivity index (χ4v) is 2.61. The summed E-state index contributed by atoms with van der Waals surface area (Å²) in [6, 6.07) is 7.10. The Bertz CT molecular complexity index is 663. The summed E-state index contributed by atoms with van der Waals surface area (Å²) in [6.45, 7) is 0.581. The number of carboxylic acid groups (broad SMARTS) is 1. The molecule has 1 aromatic carbocycles. The molecule has 1 fully saturated rings. The zero-order chi connectivity index (χ0) is 16.1. The Balaban J connectivity index is 1.74. The second kappa shape index (κ2) is 7.23. The van der Waals surface area contributed by atoms with Gasteiger partial charge >= 0.3 is 5.97 Å².